The van der Waals surface area contributed by atoms with Crippen molar-refractivity contribution in [3.05, 3.63) is 46.3 Å². The van der Waals surface area contributed by atoms with Gasteiger partial charge in [0.05, 0.1) is 5.56 Å². The Kier molecular flexibility index (Phi) is 9.69. The number of ether oxygens (including phenoxy) is 1. The molecular weight excluding hydrogens is 546 g/mol. The number of amides is 2. The first-order valence-corrected chi connectivity index (χ1v) is 15.4. The fourth-order valence-corrected chi connectivity index (χ4v) is 6.47. The largest absolute Gasteiger partial charge is 0.461 e. The predicted octanol–water partition coefficient (Wildman–Crippen LogP) is 4.10. The third kappa shape index (κ3) is 7.12. The summed E-state index contributed by atoms with van der Waals surface area (Å²) in [5.41, 5.74) is 16.8. The Morgan fingerprint density at radius 1 is 1.09 bits per heavy atom. The minimum absolute atomic E-state index is 0.0513. The van der Waals surface area contributed by atoms with Gasteiger partial charge in [-0.3, -0.25) is 14.4 Å². The third-order valence-electron chi connectivity index (χ3n) is 8.83. The number of nitrogens with two attached hydrogens (primary N) is 2. The molecule has 0 aliphatic heterocycles. The summed E-state index contributed by atoms with van der Waals surface area (Å²) in [6.45, 7) is 12.2. The lowest BCUT2D eigenvalue weighted by atomic mass is 9.75. The Bertz CT molecular complexity index is 1400. The number of fused-ring (bicyclic) bond motifs is 1. The Balaban J connectivity index is 1.49. The van der Waals surface area contributed by atoms with Crippen LogP contribution in [0.4, 0.5) is 5.69 Å². The first-order chi connectivity index (χ1) is 20.2. The quantitative estimate of drug-likeness (QED) is 0.302. The number of carbonyl (C=O) groups excluding carboxylic acids is 4. The predicted molar refractivity (Wildman–Crippen MR) is 166 cm³/mol. The van der Waals surface area contributed by atoms with Gasteiger partial charge in [0.25, 0.3) is 5.91 Å². The molecule has 2 aliphatic rings. The molecule has 2 aromatic rings. The van der Waals surface area contributed by atoms with Crippen molar-refractivity contribution < 1.29 is 23.9 Å². The Morgan fingerprint density at radius 2 is 1.77 bits per heavy atom. The summed E-state index contributed by atoms with van der Waals surface area (Å²) < 4.78 is 7.95. The molecule has 6 N–H and O–H groups in total. The van der Waals surface area contributed by atoms with Crippen LogP contribution in [0.2, 0.25) is 0 Å². The van der Waals surface area contributed by atoms with Crippen LogP contribution in [0.25, 0.3) is 5.69 Å². The summed E-state index contributed by atoms with van der Waals surface area (Å²) in [6.07, 6.45) is 3.96. The van der Waals surface area contributed by atoms with Gasteiger partial charge >= 0.3 is 5.97 Å². The number of carbonyl (C=O) groups is 4. The molecule has 1 aromatic heterocycles. The van der Waals surface area contributed by atoms with Crippen LogP contribution in [0.15, 0.2) is 18.2 Å². The molecule has 0 radical (unpaired) electrons. The maximum absolute atomic E-state index is 13.1. The fraction of sp³-hybridized carbons (Fsp3) is 0.576. The molecule has 0 spiro atoms. The molecule has 1 fully saturated rings. The van der Waals surface area contributed by atoms with E-state index in [0.29, 0.717) is 30.5 Å². The van der Waals surface area contributed by atoms with E-state index in [4.69, 9.17) is 16.2 Å². The van der Waals surface area contributed by atoms with Gasteiger partial charge in [0.1, 0.15) is 12.1 Å². The van der Waals surface area contributed by atoms with Crippen molar-refractivity contribution in [2.24, 2.45) is 22.8 Å². The number of ketones is 1. The highest BCUT2D eigenvalue weighted by atomic mass is 16.5. The van der Waals surface area contributed by atoms with Crippen LogP contribution in [-0.2, 0) is 20.7 Å². The lowest BCUT2D eigenvalue weighted by Gasteiger charge is -2.32. The number of rotatable bonds is 10. The summed E-state index contributed by atoms with van der Waals surface area (Å²) in [7, 11) is 0. The lowest BCUT2D eigenvalue weighted by molar-refractivity contribution is -0.155. The van der Waals surface area contributed by atoms with E-state index < -0.39 is 17.9 Å². The van der Waals surface area contributed by atoms with Gasteiger partial charge < -0.3 is 31.4 Å². The average Bonchev–Trinajstić information content (AvgIpc) is 3.16. The number of aromatic nitrogens is 1. The number of hydrogen-bond donors (Lipinski definition) is 4. The van der Waals surface area contributed by atoms with Crippen molar-refractivity contribution in [1.82, 2.24) is 9.88 Å². The zero-order chi connectivity index (χ0) is 31.6. The number of hydrogen-bond acceptors (Lipinski definition) is 7. The third-order valence-corrected chi connectivity index (χ3v) is 8.83. The van der Waals surface area contributed by atoms with Crippen LogP contribution >= 0.6 is 0 Å². The standard InChI is InChI=1S/C33H47N5O5/c1-18(2)30(37-28(40)13-14-34)32(42)43-23-10-7-21(8-11-23)36-25-15-22(9-12-24(25)31(35)41)38-20(4)19(3)29-26(38)16-33(5,6)17-27(29)39/h9,12,15,18,21,23,30,36H,7-8,10-11,13-14,16-17,34H2,1-6H3,(H2,35,41)(H,37,40)/t21-,23-,30-/m0/s1. The van der Waals surface area contributed by atoms with Gasteiger partial charge in [0.15, 0.2) is 5.78 Å². The van der Waals surface area contributed by atoms with E-state index in [1.54, 1.807) is 6.07 Å². The van der Waals surface area contributed by atoms with E-state index in [0.717, 1.165) is 47.5 Å². The molecule has 1 saturated carbocycles. The number of nitrogens with zero attached hydrogens (tertiary/aromatic N) is 1. The van der Waals surface area contributed by atoms with Crippen LogP contribution in [0.3, 0.4) is 0 Å². The summed E-state index contributed by atoms with van der Waals surface area (Å²) in [6, 6.07) is 4.91. The van der Waals surface area contributed by atoms with Crippen molar-refractivity contribution in [2.75, 3.05) is 11.9 Å². The summed E-state index contributed by atoms with van der Waals surface area (Å²) in [5.74, 6) is -1.16. The van der Waals surface area contributed by atoms with Gasteiger partial charge in [0.2, 0.25) is 5.91 Å². The lowest BCUT2D eigenvalue weighted by Crippen LogP contribution is -2.47. The highest BCUT2D eigenvalue weighted by Crippen LogP contribution is 2.40. The molecule has 0 saturated heterocycles. The minimum atomic E-state index is -0.719. The van der Waals surface area contributed by atoms with Crippen LogP contribution in [0.5, 0.6) is 0 Å². The molecule has 4 rings (SSSR count). The van der Waals surface area contributed by atoms with Crippen molar-refractivity contribution in [1.29, 1.82) is 0 Å². The zero-order valence-electron chi connectivity index (χ0n) is 26.3. The normalized spacial score (nSPS) is 20.3. The molecular formula is C33H47N5O5. The highest BCUT2D eigenvalue weighted by molar-refractivity contribution is 6.01. The van der Waals surface area contributed by atoms with Gasteiger partial charge in [-0.1, -0.05) is 27.7 Å². The SMILES string of the molecule is Cc1c2c(n(-c3ccc(C(N)=O)c(N[C@H]4CC[C@H](OC(=O)[C@@H](NC(=O)CCN)C(C)C)CC4)c3)c1C)CC(C)(C)CC2=O. The number of primary amides is 1. The van der Waals surface area contributed by atoms with Crippen LogP contribution in [0, 0.1) is 25.2 Å². The monoisotopic (exact) mass is 593 g/mol. The summed E-state index contributed by atoms with van der Waals surface area (Å²) >= 11 is 0. The Labute approximate surface area is 254 Å². The van der Waals surface area contributed by atoms with E-state index in [1.807, 2.05) is 39.8 Å². The van der Waals surface area contributed by atoms with Crippen LogP contribution < -0.4 is 22.1 Å². The fourth-order valence-electron chi connectivity index (χ4n) is 6.47. The second kappa shape index (κ2) is 12.9. The van der Waals surface area contributed by atoms with Gasteiger partial charge in [-0.15, -0.1) is 0 Å². The van der Waals surface area contributed by atoms with E-state index in [1.165, 1.54) is 0 Å². The van der Waals surface area contributed by atoms with Crippen molar-refractivity contribution in [2.45, 2.75) is 105 Å². The van der Waals surface area contributed by atoms with Crippen molar-refractivity contribution in [3.63, 3.8) is 0 Å². The van der Waals surface area contributed by atoms with Gasteiger partial charge in [-0.2, -0.15) is 0 Å². The smallest absolute Gasteiger partial charge is 0.329 e. The minimum Gasteiger partial charge on any atom is -0.461 e. The topological polar surface area (TPSA) is 159 Å². The van der Waals surface area contributed by atoms with E-state index >= 15 is 0 Å². The molecule has 1 atom stereocenters. The summed E-state index contributed by atoms with van der Waals surface area (Å²) in [5, 5.41) is 6.28. The second-order valence-corrected chi connectivity index (χ2v) is 13.3. The molecule has 2 aliphatic carbocycles. The highest BCUT2D eigenvalue weighted by Gasteiger charge is 2.36. The molecule has 1 aromatic carbocycles. The Morgan fingerprint density at radius 3 is 2.37 bits per heavy atom. The Hall–Kier alpha value is -3.66. The van der Waals surface area contributed by atoms with Gasteiger partial charge in [0, 0.05) is 53.8 Å². The molecule has 0 bridgehead atoms. The molecule has 234 valence electrons. The summed E-state index contributed by atoms with van der Waals surface area (Å²) in [4.78, 5) is 50.4. The van der Waals surface area contributed by atoms with Crippen molar-refractivity contribution in [3.8, 4) is 5.69 Å². The van der Waals surface area contributed by atoms with E-state index in [-0.39, 0.29) is 48.1 Å². The average molecular weight is 594 g/mol. The number of esters is 1. The maximum atomic E-state index is 13.1. The first-order valence-electron chi connectivity index (χ1n) is 15.4. The zero-order valence-corrected chi connectivity index (χ0v) is 26.3. The molecule has 0 unspecified atom stereocenters. The number of Topliss-reactive ketones (excluding diaryl/α,β-unsaturated/α-hetero) is 1. The second-order valence-electron chi connectivity index (χ2n) is 13.3. The number of nitrogens with one attached hydrogen (secondary N) is 2. The van der Waals surface area contributed by atoms with Crippen molar-refractivity contribution >= 4 is 29.3 Å². The van der Waals surface area contributed by atoms with E-state index in [9.17, 15) is 19.2 Å². The molecule has 10 heteroatoms. The number of benzene rings is 1. The van der Waals surface area contributed by atoms with Crippen LogP contribution in [-0.4, -0.2) is 52.9 Å². The van der Waals surface area contributed by atoms with Gasteiger partial charge in [-0.25, -0.2) is 4.79 Å². The molecule has 2 amide bonds. The molecule has 1 heterocycles. The molecule has 43 heavy (non-hydrogen) atoms. The maximum Gasteiger partial charge on any atom is 0.329 e. The van der Waals surface area contributed by atoms with Gasteiger partial charge in [-0.05, 0) is 81.0 Å². The van der Waals surface area contributed by atoms with E-state index in [2.05, 4.69) is 29.0 Å². The van der Waals surface area contributed by atoms with Crippen LogP contribution in [0.1, 0.15) is 104 Å². The number of anilines is 1. The first kappa shape index (κ1) is 32.3. The molecule has 10 nitrogen and oxygen atoms in total.